The van der Waals surface area contributed by atoms with Crippen LogP contribution in [0.25, 0.3) is 0 Å². The van der Waals surface area contributed by atoms with Gasteiger partial charge >= 0.3 is 6.09 Å². The quantitative estimate of drug-likeness (QED) is 0.541. The van der Waals surface area contributed by atoms with Gasteiger partial charge in [-0.25, -0.2) is 13.2 Å². The normalized spacial score (nSPS) is 16.1. The van der Waals surface area contributed by atoms with Crippen LogP contribution in [-0.2, 0) is 19.4 Å². The van der Waals surface area contributed by atoms with Gasteiger partial charge in [-0.15, -0.1) is 0 Å². The topological polar surface area (TPSA) is 96.0 Å². The standard InChI is InChI=1S/C19H37N3O5S/c1-5-6-7-15-28(25,26)16-17(23)20-9-8-10-21-11-13-22(14-12-21)18(24)27-19(2,3)4/h5-16H2,1-4H3,(H,20,23). The highest BCUT2D eigenvalue weighted by atomic mass is 32.2. The number of piperazine rings is 1. The molecule has 2 amide bonds. The molecule has 0 spiro atoms. The summed E-state index contributed by atoms with van der Waals surface area (Å²) in [4.78, 5) is 27.8. The third-order valence-corrected chi connectivity index (χ3v) is 6.02. The van der Waals surface area contributed by atoms with E-state index in [1.807, 2.05) is 27.7 Å². The van der Waals surface area contributed by atoms with E-state index < -0.39 is 27.1 Å². The molecule has 28 heavy (non-hydrogen) atoms. The van der Waals surface area contributed by atoms with Crippen molar-refractivity contribution in [3.8, 4) is 0 Å². The summed E-state index contributed by atoms with van der Waals surface area (Å²) in [7, 11) is -3.31. The molecule has 0 aromatic carbocycles. The molecular weight excluding hydrogens is 382 g/mol. The fraction of sp³-hybridized carbons (Fsp3) is 0.895. The van der Waals surface area contributed by atoms with Crippen LogP contribution < -0.4 is 5.32 Å². The molecule has 0 radical (unpaired) electrons. The Kier molecular flexibility index (Phi) is 10.2. The first kappa shape index (κ1) is 24.7. The molecular formula is C19H37N3O5S. The number of nitrogens with zero attached hydrogens (tertiary/aromatic N) is 2. The van der Waals surface area contributed by atoms with Crippen molar-refractivity contribution >= 4 is 21.8 Å². The number of unbranched alkanes of at least 4 members (excludes halogenated alkanes) is 2. The molecule has 0 aromatic heterocycles. The van der Waals surface area contributed by atoms with Crippen molar-refractivity contribution in [3.05, 3.63) is 0 Å². The third-order valence-electron chi connectivity index (χ3n) is 4.41. The van der Waals surface area contributed by atoms with Gasteiger partial charge in [0.05, 0.1) is 5.75 Å². The lowest BCUT2D eigenvalue weighted by Crippen LogP contribution is -2.50. The largest absolute Gasteiger partial charge is 0.444 e. The van der Waals surface area contributed by atoms with Gasteiger partial charge in [0.1, 0.15) is 11.4 Å². The highest BCUT2D eigenvalue weighted by molar-refractivity contribution is 7.92. The fourth-order valence-corrected chi connectivity index (χ4v) is 4.20. The van der Waals surface area contributed by atoms with E-state index in [4.69, 9.17) is 4.74 Å². The van der Waals surface area contributed by atoms with E-state index in [9.17, 15) is 18.0 Å². The van der Waals surface area contributed by atoms with Crippen LogP contribution in [0.4, 0.5) is 4.79 Å². The summed E-state index contributed by atoms with van der Waals surface area (Å²) in [5, 5.41) is 2.69. The first-order chi connectivity index (χ1) is 13.0. The maximum Gasteiger partial charge on any atom is 0.410 e. The zero-order valence-corrected chi connectivity index (χ0v) is 18.6. The Bertz CT molecular complexity index is 593. The van der Waals surface area contributed by atoms with Gasteiger partial charge in [-0.2, -0.15) is 0 Å². The Morgan fingerprint density at radius 1 is 1.04 bits per heavy atom. The van der Waals surface area contributed by atoms with Crippen LogP contribution in [0.2, 0.25) is 0 Å². The van der Waals surface area contributed by atoms with Gasteiger partial charge in [0, 0.05) is 32.7 Å². The minimum atomic E-state index is -3.31. The molecule has 1 rings (SSSR count). The van der Waals surface area contributed by atoms with E-state index in [-0.39, 0.29) is 11.8 Å². The van der Waals surface area contributed by atoms with Gasteiger partial charge in [0.25, 0.3) is 0 Å². The molecule has 0 aliphatic carbocycles. The molecule has 164 valence electrons. The van der Waals surface area contributed by atoms with Gasteiger partial charge in [-0.3, -0.25) is 9.69 Å². The molecule has 0 aromatic rings. The van der Waals surface area contributed by atoms with Crippen LogP contribution in [-0.4, -0.2) is 86.6 Å². The number of carbonyl (C=O) groups excluding carboxylic acids is 2. The second-order valence-electron chi connectivity index (χ2n) is 8.31. The predicted molar refractivity (Wildman–Crippen MR) is 110 cm³/mol. The van der Waals surface area contributed by atoms with Crippen molar-refractivity contribution in [1.82, 2.24) is 15.1 Å². The monoisotopic (exact) mass is 419 g/mol. The summed E-state index contributed by atoms with van der Waals surface area (Å²) in [6.45, 7) is 11.6. The van der Waals surface area contributed by atoms with Crippen molar-refractivity contribution in [2.45, 2.75) is 59.0 Å². The van der Waals surface area contributed by atoms with Crippen LogP contribution in [0, 0.1) is 0 Å². The van der Waals surface area contributed by atoms with Gasteiger partial charge in [0.15, 0.2) is 9.84 Å². The number of sulfone groups is 1. The average molecular weight is 420 g/mol. The Labute approximate surface area is 169 Å². The number of amides is 2. The van der Waals surface area contributed by atoms with E-state index in [2.05, 4.69) is 10.2 Å². The number of ether oxygens (including phenoxy) is 1. The Morgan fingerprint density at radius 3 is 2.25 bits per heavy atom. The summed E-state index contributed by atoms with van der Waals surface area (Å²) in [6, 6.07) is 0. The summed E-state index contributed by atoms with van der Waals surface area (Å²) in [5.41, 5.74) is -0.490. The molecule has 9 heteroatoms. The molecule has 0 atom stereocenters. The molecule has 1 N–H and O–H groups in total. The van der Waals surface area contributed by atoms with E-state index in [0.29, 0.717) is 26.1 Å². The van der Waals surface area contributed by atoms with E-state index in [0.717, 1.165) is 38.9 Å². The van der Waals surface area contributed by atoms with Crippen LogP contribution in [0.1, 0.15) is 53.4 Å². The lowest BCUT2D eigenvalue weighted by Gasteiger charge is -2.35. The predicted octanol–water partition coefficient (Wildman–Crippen LogP) is 1.65. The maximum atomic E-state index is 12.0. The van der Waals surface area contributed by atoms with Gasteiger partial charge in [-0.1, -0.05) is 19.8 Å². The van der Waals surface area contributed by atoms with Crippen LogP contribution in [0.15, 0.2) is 0 Å². The minimum absolute atomic E-state index is 0.0795. The highest BCUT2D eigenvalue weighted by Crippen LogP contribution is 2.12. The van der Waals surface area contributed by atoms with Gasteiger partial charge < -0.3 is 15.0 Å². The Balaban J connectivity index is 2.17. The molecule has 0 unspecified atom stereocenters. The molecule has 8 nitrogen and oxygen atoms in total. The summed E-state index contributed by atoms with van der Waals surface area (Å²) >= 11 is 0. The second kappa shape index (κ2) is 11.6. The average Bonchev–Trinajstić information content (AvgIpc) is 2.57. The molecule has 0 saturated carbocycles. The van der Waals surface area contributed by atoms with Crippen LogP contribution in [0.3, 0.4) is 0 Å². The van der Waals surface area contributed by atoms with Crippen molar-refractivity contribution < 1.29 is 22.7 Å². The van der Waals surface area contributed by atoms with E-state index in [1.54, 1.807) is 4.90 Å². The summed E-state index contributed by atoms with van der Waals surface area (Å²) in [6.07, 6.45) is 2.89. The minimum Gasteiger partial charge on any atom is -0.444 e. The smallest absolute Gasteiger partial charge is 0.410 e. The first-order valence-corrected chi connectivity index (χ1v) is 12.0. The number of nitrogens with one attached hydrogen (secondary N) is 1. The highest BCUT2D eigenvalue weighted by Gasteiger charge is 2.25. The fourth-order valence-electron chi connectivity index (χ4n) is 2.91. The number of carbonyl (C=O) groups is 2. The zero-order chi connectivity index (χ0) is 21.2. The Morgan fingerprint density at radius 2 is 1.68 bits per heavy atom. The number of hydrogen-bond donors (Lipinski definition) is 1. The second-order valence-corrected chi connectivity index (χ2v) is 10.5. The Hall–Kier alpha value is -1.35. The number of hydrogen-bond acceptors (Lipinski definition) is 6. The number of rotatable bonds is 10. The summed E-state index contributed by atoms with van der Waals surface area (Å²) < 4.78 is 29.1. The SMILES string of the molecule is CCCCCS(=O)(=O)CC(=O)NCCCN1CCN(C(=O)OC(C)(C)C)CC1. The zero-order valence-electron chi connectivity index (χ0n) is 17.8. The molecule has 1 fully saturated rings. The van der Waals surface area contributed by atoms with Crippen molar-refractivity contribution in [3.63, 3.8) is 0 Å². The first-order valence-electron chi connectivity index (χ1n) is 10.2. The molecule has 0 bridgehead atoms. The molecule has 1 heterocycles. The van der Waals surface area contributed by atoms with Gasteiger partial charge in [0.2, 0.25) is 5.91 Å². The lowest BCUT2D eigenvalue weighted by atomic mass is 10.2. The van der Waals surface area contributed by atoms with Gasteiger partial charge in [-0.05, 0) is 40.2 Å². The van der Waals surface area contributed by atoms with E-state index in [1.165, 1.54) is 0 Å². The van der Waals surface area contributed by atoms with E-state index >= 15 is 0 Å². The van der Waals surface area contributed by atoms with Crippen molar-refractivity contribution in [2.75, 3.05) is 50.8 Å². The maximum absolute atomic E-state index is 12.0. The van der Waals surface area contributed by atoms with Crippen molar-refractivity contribution in [1.29, 1.82) is 0 Å². The molecule has 1 aliphatic heterocycles. The summed E-state index contributed by atoms with van der Waals surface area (Å²) in [5.74, 6) is -0.771. The van der Waals surface area contributed by atoms with Crippen LogP contribution >= 0.6 is 0 Å². The molecule has 1 saturated heterocycles. The third kappa shape index (κ3) is 10.8. The van der Waals surface area contributed by atoms with Crippen molar-refractivity contribution in [2.24, 2.45) is 0 Å². The molecule has 1 aliphatic rings. The van der Waals surface area contributed by atoms with Crippen LogP contribution in [0.5, 0.6) is 0 Å². The lowest BCUT2D eigenvalue weighted by molar-refractivity contribution is -0.118.